The van der Waals surface area contributed by atoms with E-state index >= 15 is 0 Å². The average Bonchev–Trinajstić information content (AvgIpc) is 2.92. The second-order valence-electron chi connectivity index (χ2n) is 3.91. The Labute approximate surface area is 117 Å². The van der Waals surface area contributed by atoms with Crippen molar-refractivity contribution >= 4 is 34.9 Å². The quantitative estimate of drug-likeness (QED) is 0.920. The summed E-state index contributed by atoms with van der Waals surface area (Å²) in [6.07, 6.45) is 0.156. The van der Waals surface area contributed by atoms with Gasteiger partial charge in [-0.1, -0.05) is 23.2 Å². The van der Waals surface area contributed by atoms with Gasteiger partial charge in [-0.25, -0.2) is 4.79 Å². The lowest BCUT2D eigenvalue weighted by Gasteiger charge is -2.01. The molecule has 0 saturated heterocycles. The monoisotopic (exact) mass is 296 g/mol. The molecule has 0 bridgehead atoms. The molecule has 1 aromatic carbocycles. The molecule has 0 saturated carbocycles. The normalized spacial score (nSPS) is 13.3. The molecule has 6 nitrogen and oxygen atoms in total. The van der Waals surface area contributed by atoms with E-state index in [1.807, 2.05) is 0 Å². The number of nitrogens with zero attached hydrogens (tertiary/aromatic N) is 4. The van der Waals surface area contributed by atoms with E-state index in [9.17, 15) is 4.79 Å². The van der Waals surface area contributed by atoms with Crippen LogP contribution >= 0.6 is 23.2 Å². The molecule has 1 aliphatic rings. The molecule has 0 fully saturated rings. The summed E-state index contributed by atoms with van der Waals surface area (Å²) in [6.45, 7) is 0. The van der Waals surface area contributed by atoms with Gasteiger partial charge in [-0.15, -0.1) is 10.2 Å². The minimum atomic E-state index is -1.06. The summed E-state index contributed by atoms with van der Waals surface area (Å²) in [5, 5.41) is 21.6. The highest BCUT2D eigenvalue weighted by Crippen LogP contribution is 2.28. The van der Waals surface area contributed by atoms with Crippen LogP contribution in [-0.4, -0.2) is 31.7 Å². The van der Waals surface area contributed by atoms with Gasteiger partial charge in [-0.3, -0.25) is 0 Å². The van der Waals surface area contributed by atoms with E-state index in [2.05, 4.69) is 15.3 Å². The van der Waals surface area contributed by atoms with Crippen LogP contribution in [0.15, 0.2) is 23.3 Å². The van der Waals surface area contributed by atoms with E-state index in [-0.39, 0.29) is 12.1 Å². The molecule has 0 unspecified atom stereocenters. The maximum Gasteiger partial charge on any atom is 0.352 e. The molecule has 0 atom stereocenters. The number of fused-ring (bicyclic) bond motifs is 1. The molecule has 0 radical (unpaired) electrons. The van der Waals surface area contributed by atoms with Gasteiger partial charge in [0.2, 0.25) is 0 Å². The summed E-state index contributed by atoms with van der Waals surface area (Å²) in [4.78, 5) is 10.9. The lowest BCUT2D eigenvalue weighted by atomic mass is 10.2. The Bertz CT molecular complexity index is 723. The van der Waals surface area contributed by atoms with Crippen LogP contribution in [0.3, 0.4) is 0 Å². The van der Waals surface area contributed by atoms with Crippen LogP contribution in [0.25, 0.3) is 11.4 Å². The van der Waals surface area contributed by atoms with Gasteiger partial charge in [-0.2, -0.15) is 9.78 Å². The Balaban J connectivity index is 2.09. The number of aliphatic carboxylic acids is 1. The summed E-state index contributed by atoms with van der Waals surface area (Å²) >= 11 is 11.8. The van der Waals surface area contributed by atoms with E-state index in [0.29, 0.717) is 27.3 Å². The highest BCUT2D eigenvalue weighted by atomic mass is 35.5. The van der Waals surface area contributed by atoms with Crippen LogP contribution in [0.4, 0.5) is 0 Å². The molecule has 0 amide bonds. The number of halogens is 2. The van der Waals surface area contributed by atoms with Gasteiger partial charge >= 0.3 is 5.97 Å². The molecule has 96 valence electrons. The second kappa shape index (κ2) is 4.32. The first kappa shape index (κ1) is 12.1. The number of hydrogen-bond acceptors (Lipinski definition) is 4. The van der Waals surface area contributed by atoms with Crippen molar-refractivity contribution in [2.45, 2.75) is 6.42 Å². The molecule has 8 heteroatoms. The van der Waals surface area contributed by atoms with Crippen LogP contribution in [0.2, 0.25) is 10.0 Å². The van der Waals surface area contributed by atoms with E-state index in [4.69, 9.17) is 28.3 Å². The van der Waals surface area contributed by atoms with E-state index in [1.165, 1.54) is 4.68 Å². The van der Waals surface area contributed by atoms with Gasteiger partial charge in [0.05, 0.1) is 16.5 Å². The predicted molar refractivity (Wildman–Crippen MR) is 69.7 cm³/mol. The fourth-order valence-electron chi connectivity index (χ4n) is 1.77. The number of aromatic nitrogens is 3. The van der Waals surface area contributed by atoms with Crippen molar-refractivity contribution in [3.8, 4) is 11.4 Å². The highest BCUT2D eigenvalue weighted by Gasteiger charge is 2.25. The van der Waals surface area contributed by atoms with Crippen LogP contribution < -0.4 is 0 Å². The fraction of sp³-hybridized carbons (Fsp3) is 0.0909. The molecule has 1 N–H and O–H groups in total. The van der Waals surface area contributed by atoms with Crippen molar-refractivity contribution < 1.29 is 9.90 Å². The molecule has 2 aromatic rings. The first-order chi connectivity index (χ1) is 9.06. The molecule has 2 heterocycles. The Kier molecular flexibility index (Phi) is 2.76. The summed E-state index contributed by atoms with van der Waals surface area (Å²) in [5.74, 6) is -0.145. The summed E-state index contributed by atoms with van der Waals surface area (Å²) in [6, 6.07) is 4.99. The Morgan fingerprint density at radius 3 is 2.74 bits per heavy atom. The Morgan fingerprint density at radius 2 is 2.05 bits per heavy atom. The standard InChI is InChI=1S/C11H6Cl2N4O2/c12-6-2-1-5(3-7(6)13)10-15-14-9-4-8(11(18)19)16-17(9)10/h1-3H,4H2,(H,18,19). The van der Waals surface area contributed by atoms with E-state index in [0.717, 1.165) is 0 Å². The number of benzene rings is 1. The van der Waals surface area contributed by atoms with E-state index < -0.39 is 5.97 Å². The first-order valence-corrected chi connectivity index (χ1v) is 6.02. The SMILES string of the molecule is O=C(O)C1=Nn2c(nnc2-c2ccc(Cl)c(Cl)c2)C1. The average molecular weight is 297 g/mol. The van der Waals surface area contributed by atoms with Crippen LogP contribution in [0, 0.1) is 0 Å². The molecule has 3 rings (SSSR count). The van der Waals surface area contributed by atoms with Gasteiger partial charge in [-0.05, 0) is 18.2 Å². The van der Waals surface area contributed by atoms with Crippen molar-refractivity contribution in [1.82, 2.24) is 14.9 Å². The molecule has 19 heavy (non-hydrogen) atoms. The zero-order valence-electron chi connectivity index (χ0n) is 9.34. The van der Waals surface area contributed by atoms with Crippen molar-refractivity contribution in [2.24, 2.45) is 5.10 Å². The van der Waals surface area contributed by atoms with Gasteiger partial charge in [0.25, 0.3) is 0 Å². The van der Waals surface area contributed by atoms with E-state index in [1.54, 1.807) is 18.2 Å². The summed E-state index contributed by atoms with van der Waals surface area (Å²) in [5.41, 5.74) is 0.703. The first-order valence-electron chi connectivity index (χ1n) is 5.27. The highest BCUT2D eigenvalue weighted by molar-refractivity contribution is 6.42. The van der Waals surface area contributed by atoms with Crippen molar-refractivity contribution in [2.75, 3.05) is 0 Å². The van der Waals surface area contributed by atoms with Gasteiger partial charge in [0.15, 0.2) is 17.4 Å². The van der Waals surface area contributed by atoms with Crippen molar-refractivity contribution in [3.05, 3.63) is 34.1 Å². The maximum atomic E-state index is 10.9. The fourth-order valence-corrected chi connectivity index (χ4v) is 2.06. The van der Waals surface area contributed by atoms with Gasteiger partial charge in [0.1, 0.15) is 0 Å². The minimum Gasteiger partial charge on any atom is -0.477 e. The Hall–Kier alpha value is -1.92. The lowest BCUT2D eigenvalue weighted by Crippen LogP contribution is -2.12. The second-order valence-corrected chi connectivity index (χ2v) is 4.72. The number of carbonyl (C=O) groups is 1. The van der Waals surface area contributed by atoms with Gasteiger partial charge < -0.3 is 5.11 Å². The van der Waals surface area contributed by atoms with Gasteiger partial charge in [0, 0.05) is 5.56 Å². The zero-order chi connectivity index (χ0) is 13.6. The number of rotatable bonds is 2. The van der Waals surface area contributed by atoms with Crippen LogP contribution in [0.5, 0.6) is 0 Å². The van der Waals surface area contributed by atoms with Crippen molar-refractivity contribution in [1.29, 1.82) is 0 Å². The molecule has 1 aromatic heterocycles. The molecule has 0 spiro atoms. The minimum absolute atomic E-state index is 0.0335. The smallest absolute Gasteiger partial charge is 0.352 e. The largest absolute Gasteiger partial charge is 0.477 e. The molecular formula is C11H6Cl2N4O2. The molecular weight excluding hydrogens is 291 g/mol. The third-order valence-electron chi connectivity index (χ3n) is 2.68. The lowest BCUT2D eigenvalue weighted by molar-refractivity contribution is -0.129. The van der Waals surface area contributed by atoms with Crippen LogP contribution in [-0.2, 0) is 11.2 Å². The third kappa shape index (κ3) is 1.98. The number of carboxylic acids is 1. The van der Waals surface area contributed by atoms with Crippen molar-refractivity contribution in [3.63, 3.8) is 0 Å². The number of hydrogen-bond donors (Lipinski definition) is 1. The topological polar surface area (TPSA) is 80.4 Å². The molecule has 1 aliphatic heterocycles. The van der Waals surface area contributed by atoms with Crippen LogP contribution in [0.1, 0.15) is 5.82 Å². The summed E-state index contributed by atoms with van der Waals surface area (Å²) in [7, 11) is 0. The molecule has 0 aliphatic carbocycles. The zero-order valence-corrected chi connectivity index (χ0v) is 10.9. The maximum absolute atomic E-state index is 10.9. The Morgan fingerprint density at radius 1 is 1.26 bits per heavy atom. The number of carboxylic acid groups (broad SMARTS) is 1. The third-order valence-corrected chi connectivity index (χ3v) is 3.42. The predicted octanol–water partition coefficient (Wildman–Crippen LogP) is 2.10. The summed E-state index contributed by atoms with van der Waals surface area (Å²) < 4.78 is 1.41.